The molecular formula is C23H28FN3O2. The summed E-state index contributed by atoms with van der Waals surface area (Å²) >= 11 is 0. The third-order valence-electron chi connectivity index (χ3n) is 5.87. The Bertz CT molecular complexity index is 852. The standard InChI is InChI=1S/C23H28FN3O2/c1-17-8-10-27(11-9-17)23(28)16-26-12-13-29-22(15-26)21-7-3-6-20(25-21)18-4-2-5-19(24)14-18/h2-7,14,17,22H,8-13,15-16H2,1H3/t22-/m0/s1. The fraction of sp³-hybridized carbons (Fsp3) is 0.478. The lowest BCUT2D eigenvalue weighted by Crippen LogP contribution is -2.47. The SMILES string of the molecule is CC1CCN(C(=O)CN2CCO[C@H](c3cccc(-c4cccc(F)c4)n3)C2)CC1. The van der Waals surface area contributed by atoms with Crippen LogP contribution in [0.5, 0.6) is 0 Å². The molecule has 5 nitrogen and oxygen atoms in total. The molecule has 0 N–H and O–H groups in total. The van der Waals surface area contributed by atoms with Crippen LogP contribution in [-0.2, 0) is 9.53 Å². The lowest BCUT2D eigenvalue weighted by Gasteiger charge is -2.35. The summed E-state index contributed by atoms with van der Waals surface area (Å²) in [5.41, 5.74) is 2.28. The highest BCUT2D eigenvalue weighted by atomic mass is 19.1. The van der Waals surface area contributed by atoms with E-state index < -0.39 is 0 Å². The van der Waals surface area contributed by atoms with Gasteiger partial charge in [0.05, 0.1) is 24.5 Å². The Kier molecular flexibility index (Phi) is 6.21. The van der Waals surface area contributed by atoms with Crippen molar-refractivity contribution in [1.82, 2.24) is 14.8 Å². The highest BCUT2D eigenvalue weighted by Crippen LogP contribution is 2.25. The maximum Gasteiger partial charge on any atom is 0.236 e. The van der Waals surface area contributed by atoms with Crippen molar-refractivity contribution in [2.75, 3.05) is 39.3 Å². The van der Waals surface area contributed by atoms with Crippen LogP contribution in [-0.4, -0.2) is 60.0 Å². The Labute approximate surface area is 171 Å². The maximum atomic E-state index is 13.6. The molecule has 0 bridgehead atoms. The van der Waals surface area contributed by atoms with Crippen LogP contribution in [0.3, 0.4) is 0 Å². The third kappa shape index (κ3) is 5.00. The van der Waals surface area contributed by atoms with Gasteiger partial charge in [-0.1, -0.05) is 25.1 Å². The van der Waals surface area contributed by atoms with Crippen LogP contribution in [0.15, 0.2) is 42.5 Å². The normalized spacial score (nSPS) is 21.3. The number of pyridine rings is 1. The minimum atomic E-state index is -0.277. The first-order valence-corrected chi connectivity index (χ1v) is 10.4. The third-order valence-corrected chi connectivity index (χ3v) is 5.87. The van der Waals surface area contributed by atoms with Gasteiger partial charge in [-0.3, -0.25) is 14.7 Å². The van der Waals surface area contributed by atoms with Gasteiger partial charge in [-0.15, -0.1) is 0 Å². The van der Waals surface area contributed by atoms with Gasteiger partial charge in [-0.25, -0.2) is 4.39 Å². The van der Waals surface area contributed by atoms with Crippen molar-refractivity contribution < 1.29 is 13.9 Å². The number of halogens is 1. The van der Waals surface area contributed by atoms with Crippen molar-refractivity contribution in [3.63, 3.8) is 0 Å². The second-order valence-corrected chi connectivity index (χ2v) is 8.12. The molecule has 2 aromatic rings. The molecule has 1 aromatic heterocycles. The van der Waals surface area contributed by atoms with Crippen LogP contribution in [0.2, 0.25) is 0 Å². The monoisotopic (exact) mass is 397 g/mol. The summed E-state index contributed by atoms with van der Waals surface area (Å²) in [4.78, 5) is 21.5. The van der Waals surface area contributed by atoms with Crippen molar-refractivity contribution >= 4 is 5.91 Å². The summed E-state index contributed by atoms with van der Waals surface area (Å²) in [6, 6.07) is 12.2. The number of morpholine rings is 1. The second kappa shape index (κ2) is 9.01. The van der Waals surface area contributed by atoms with E-state index in [1.165, 1.54) is 12.1 Å². The molecule has 4 rings (SSSR count). The molecule has 2 aliphatic heterocycles. The van der Waals surface area contributed by atoms with Crippen LogP contribution < -0.4 is 0 Å². The molecule has 2 saturated heterocycles. The molecule has 6 heteroatoms. The molecule has 0 spiro atoms. The van der Waals surface area contributed by atoms with Crippen LogP contribution in [0.4, 0.5) is 4.39 Å². The van der Waals surface area contributed by atoms with Crippen molar-refractivity contribution in [2.24, 2.45) is 5.92 Å². The summed E-state index contributed by atoms with van der Waals surface area (Å²) in [5, 5.41) is 0. The van der Waals surface area contributed by atoms with Gasteiger partial charge in [0.1, 0.15) is 11.9 Å². The van der Waals surface area contributed by atoms with Gasteiger partial charge in [0.2, 0.25) is 5.91 Å². The number of hydrogen-bond donors (Lipinski definition) is 0. The summed E-state index contributed by atoms with van der Waals surface area (Å²) in [6.07, 6.45) is 1.99. The van der Waals surface area contributed by atoms with Crippen LogP contribution in [0, 0.1) is 11.7 Å². The number of piperidine rings is 1. The predicted octanol–water partition coefficient (Wildman–Crippen LogP) is 3.52. The molecule has 2 fully saturated rings. The number of hydrogen-bond acceptors (Lipinski definition) is 4. The smallest absolute Gasteiger partial charge is 0.236 e. The number of nitrogens with zero attached hydrogens (tertiary/aromatic N) is 3. The van der Waals surface area contributed by atoms with Crippen molar-refractivity contribution in [1.29, 1.82) is 0 Å². The molecule has 0 radical (unpaired) electrons. The van der Waals surface area contributed by atoms with E-state index in [-0.39, 0.29) is 17.8 Å². The number of aromatic nitrogens is 1. The van der Waals surface area contributed by atoms with Gasteiger partial charge in [0.25, 0.3) is 0 Å². The molecular weight excluding hydrogens is 369 g/mol. The fourth-order valence-electron chi connectivity index (χ4n) is 4.01. The molecule has 3 heterocycles. The molecule has 1 atom stereocenters. The predicted molar refractivity (Wildman–Crippen MR) is 110 cm³/mol. The number of carbonyl (C=O) groups excluding carboxylic acids is 1. The minimum Gasteiger partial charge on any atom is -0.369 e. The largest absolute Gasteiger partial charge is 0.369 e. The van der Waals surface area contributed by atoms with Crippen molar-refractivity contribution in [3.8, 4) is 11.3 Å². The topological polar surface area (TPSA) is 45.7 Å². The summed E-state index contributed by atoms with van der Waals surface area (Å²) in [6.45, 7) is 6.36. The Morgan fingerprint density at radius 3 is 2.76 bits per heavy atom. The average molecular weight is 397 g/mol. The summed E-state index contributed by atoms with van der Waals surface area (Å²) in [5.74, 6) is 0.641. The van der Waals surface area contributed by atoms with Crippen molar-refractivity contribution in [3.05, 3.63) is 54.0 Å². The minimum absolute atomic E-state index is 0.188. The highest BCUT2D eigenvalue weighted by Gasteiger charge is 2.27. The van der Waals surface area contributed by atoms with E-state index >= 15 is 0 Å². The number of ether oxygens (including phenoxy) is 1. The Morgan fingerprint density at radius 2 is 1.97 bits per heavy atom. The maximum absolute atomic E-state index is 13.6. The molecule has 1 amide bonds. The van der Waals surface area contributed by atoms with E-state index in [2.05, 4.69) is 11.8 Å². The lowest BCUT2D eigenvalue weighted by atomic mass is 9.99. The second-order valence-electron chi connectivity index (χ2n) is 8.12. The van der Waals surface area contributed by atoms with Crippen molar-refractivity contribution in [2.45, 2.75) is 25.9 Å². The lowest BCUT2D eigenvalue weighted by molar-refractivity contribution is -0.135. The molecule has 154 valence electrons. The van der Waals surface area contributed by atoms with Crippen LogP contribution >= 0.6 is 0 Å². The molecule has 0 saturated carbocycles. The van der Waals surface area contributed by atoms with Gasteiger partial charge < -0.3 is 9.64 Å². The first kappa shape index (κ1) is 20.0. The number of amides is 1. The molecule has 29 heavy (non-hydrogen) atoms. The van der Waals surface area contributed by atoms with Crippen LogP contribution in [0.25, 0.3) is 11.3 Å². The van der Waals surface area contributed by atoms with Crippen LogP contribution in [0.1, 0.15) is 31.6 Å². The Hall–Kier alpha value is -2.31. The van der Waals surface area contributed by atoms with Gasteiger partial charge >= 0.3 is 0 Å². The summed E-state index contributed by atoms with van der Waals surface area (Å²) in [7, 11) is 0. The van der Waals surface area contributed by atoms with E-state index in [4.69, 9.17) is 9.72 Å². The number of benzene rings is 1. The molecule has 1 aromatic carbocycles. The van der Waals surface area contributed by atoms with E-state index in [0.29, 0.717) is 25.6 Å². The summed E-state index contributed by atoms with van der Waals surface area (Å²) < 4.78 is 19.5. The Balaban J connectivity index is 1.41. The van der Waals surface area contributed by atoms with E-state index in [0.717, 1.165) is 49.4 Å². The van der Waals surface area contributed by atoms with E-state index in [9.17, 15) is 9.18 Å². The van der Waals surface area contributed by atoms with Gasteiger partial charge in [0.15, 0.2) is 0 Å². The first-order valence-electron chi connectivity index (χ1n) is 10.4. The van der Waals surface area contributed by atoms with Gasteiger partial charge in [-0.05, 0) is 43.0 Å². The van der Waals surface area contributed by atoms with E-state index in [1.54, 1.807) is 6.07 Å². The zero-order valence-electron chi connectivity index (χ0n) is 16.9. The van der Waals surface area contributed by atoms with E-state index in [1.807, 2.05) is 29.2 Å². The number of rotatable bonds is 4. The van der Waals surface area contributed by atoms with Gasteiger partial charge in [-0.2, -0.15) is 0 Å². The zero-order chi connectivity index (χ0) is 20.2. The average Bonchev–Trinajstić information content (AvgIpc) is 2.74. The highest BCUT2D eigenvalue weighted by molar-refractivity contribution is 5.78. The number of likely N-dealkylation sites (tertiary alicyclic amines) is 1. The quantitative estimate of drug-likeness (QED) is 0.792. The number of carbonyl (C=O) groups is 1. The fourth-order valence-corrected chi connectivity index (χ4v) is 4.01. The van der Waals surface area contributed by atoms with Gasteiger partial charge in [0, 0.05) is 31.7 Å². The Morgan fingerprint density at radius 1 is 1.17 bits per heavy atom. The molecule has 0 unspecified atom stereocenters. The molecule has 2 aliphatic rings. The molecule has 0 aliphatic carbocycles. The first-order chi connectivity index (χ1) is 14.1. The zero-order valence-corrected chi connectivity index (χ0v) is 16.9.